The summed E-state index contributed by atoms with van der Waals surface area (Å²) in [7, 11) is 1.96. The number of rotatable bonds is 6. The average molecular weight is 366 g/mol. The topological polar surface area (TPSA) is 85.2 Å². The summed E-state index contributed by atoms with van der Waals surface area (Å²) in [6, 6.07) is 8.23. The Morgan fingerprint density at radius 3 is 2.93 bits per heavy atom. The van der Waals surface area contributed by atoms with Gasteiger partial charge in [0.15, 0.2) is 6.29 Å². The van der Waals surface area contributed by atoms with E-state index in [0.29, 0.717) is 37.8 Å². The molecule has 0 radical (unpaired) electrons. The van der Waals surface area contributed by atoms with Crippen LogP contribution in [0.5, 0.6) is 0 Å². The lowest BCUT2D eigenvalue weighted by molar-refractivity contribution is 0.0401. The maximum Gasteiger partial charge on any atom is 0.225 e. The summed E-state index contributed by atoms with van der Waals surface area (Å²) in [5.74, 6) is 0.629. The van der Waals surface area contributed by atoms with Crippen molar-refractivity contribution in [2.75, 3.05) is 31.1 Å². The molecule has 1 fully saturated rings. The van der Waals surface area contributed by atoms with Crippen LogP contribution in [0.25, 0.3) is 10.9 Å². The predicted octanol–water partition coefficient (Wildman–Crippen LogP) is 1.17. The van der Waals surface area contributed by atoms with Gasteiger partial charge in [-0.3, -0.25) is 9.48 Å². The van der Waals surface area contributed by atoms with E-state index in [0.717, 1.165) is 24.0 Å². The zero-order valence-electron chi connectivity index (χ0n) is 15.2. The molecule has 27 heavy (non-hydrogen) atoms. The van der Waals surface area contributed by atoms with E-state index in [1.54, 1.807) is 12.4 Å². The number of hydrogen-bond donors (Lipinski definition) is 1. The van der Waals surface area contributed by atoms with E-state index >= 15 is 0 Å². The van der Waals surface area contributed by atoms with Crippen molar-refractivity contribution in [3.05, 3.63) is 47.9 Å². The van der Waals surface area contributed by atoms with Gasteiger partial charge in [0.25, 0.3) is 0 Å². The molecule has 4 rings (SSSR count). The minimum Gasteiger partial charge on any atom is -0.373 e. The fraction of sp³-hybridized carbons (Fsp3) is 0.368. The molecule has 8 heteroatoms. The third-order valence-electron chi connectivity index (χ3n) is 4.71. The van der Waals surface area contributed by atoms with Gasteiger partial charge in [-0.15, -0.1) is 0 Å². The number of aryl methyl sites for hydroxylation is 1. The van der Waals surface area contributed by atoms with Crippen molar-refractivity contribution in [3.63, 3.8) is 0 Å². The number of para-hydroxylation sites is 1. The SMILES string of the molecule is Cn1nc(CNCC2CN(c3ncc(C=O)cn3)CCO2)c2ccccc21. The molecule has 3 heterocycles. The van der Waals surface area contributed by atoms with Crippen LogP contribution < -0.4 is 10.2 Å². The quantitative estimate of drug-likeness (QED) is 0.656. The first-order valence-electron chi connectivity index (χ1n) is 8.99. The lowest BCUT2D eigenvalue weighted by Crippen LogP contribution is -2.47. The third kappa shape index (κ3) is 3.81. The van der Waals surface area contributed by atoms with Crippen LogP contribution in [0, 0.1) is 0 Å². The minimum absolute atomic E-state index is 0.0445. The van der Waals surface area contributed by atoms with Gasteiger partial charge in [0.2, 0.25) is 5.95 Å². The highest BCUT2D eigenvalue weighted by Crippen LogP contribution is 2.17. The molecule has 8 nitrogen and oxygen atoms in total. The molecule has 1 unspecified atom stereocenters. The van der Waals surface area contributed by atoms with Gasteiger partial charge in [0.05, 0.1) is 29.5 Å². The highest BCUT2D eigenvalue weighted by Gasteiger charge is 2.22. The number of anilines is 1. The lowest BCUT2D eigenvalue weighted by Gasteiger charge is -2.33. The van der Waals surface area contributed by atoms with Gasteiger partial charge < -0.3 is 15.0 Å². The van der Waals surface area contributed by atoms with E-state index in [-0.39, 0.29) is 6.10 Å². The summed E-state index contributed by atoms with van der Waals surface area (Å²) in [5.41, 5.74) is 2.65. The van der Waals surface area contributed by atoms with Crippen molar-refractivity contribution in [3.8, 4) is 0 Å². The van der Waals surface area contributed by atoms with Crippen molar-refractivity contribution in [2.45, 2.75) is 12.6 Å². The molecular formula is C19H22N6O2. The molecule has 1 N–H and O–H groups in total. The molecule has 0 spiro atoms. The molecule has 1 aliphatic heterocycles. The number of benzene rings is 1. The van der Waals surface area contributed by atoms with Crippen LogP contribution in [-0.2, 0) is 18.3 Å². The third-order valence-corrected chi connectivity index (χ3v) is 4.71. The Hall–Kier alpha value is -2.84. The second-order valence-electron chi connectivity index (χ2n) is 6.59. The van der Waals surface area contributed by atoms with Crippen molar-refractivity contribution >= 4 is 23.1 Å². The van der Waals surface area contributed by atoms with E-state index < -0.39 is 0 Å². The second kappa shape index (κ2) is 7.81. The van der Waals surface area contributed by atoms with Crippen LogP contribution in [0.1, 0.15) is 16.1 Å². The van der Waals surface area contributed by atoms with E-state index in [9.17, 15) is 4.79 Å². The van der Waals surface area contributed by atoms with Crippen molar-refractivity contribution in [1.82, 2.24) is 25.1 Å². The summed E-state index contributed by atoms with van der Waals surface area (Å²) in [4.78, 5) is 21.4. The van der Waals surface area contributed by atoms with Crippen molar-refractivity contribution in [2.24, 2.45) is 7.05 Å². The maximum atomic E-state index is 10.7. The molecule has 1 aliphatic rings. The first-order valence-corrected chi connectivity index (χ1v) is 8.99. The standard InChI is InChI=1S/C19H22N6O2/c1-24-18-5-3-2-4-16(18)17(23-24)11-20-10-15-12-25(6-7-27-15)19-21-8-14(13-26)9-22-19/h2-5,8-9,13,15,20H,6-7,10-12H2,1H3. The number of aromatic nitrogens is 4. The fourth-order valence-electron chi connectivity index (χ4n) is 3.35. The molecular weight excluding hydrogens is 344 g/mol. The molecule has 1 saturated heterocycles. The minimum atomic E-state index is 0.0445. The van der Waals surface area contributed by atoms with E-state index in [2.05, 4.69) is 37.4 Å². The first-order chi connectivity index (χ1) is 13.2. The summed E-state index contributed by atoms with van der Waals surface area (Å²) in [6.07, 6.45) is 3.88. The van der Waals surface area contributed by atoms with Gasteiger partial charge in [-0.1, -0.05) is 18.2 Å². The number of carbonyl (C=O) groups excluding carboxylic acids is 1. The van der Waals surface area contributed by atoms with Gasteiger partial charge in [-0.05, 0) is 6.07 Å². The van der Waals surface area contributed by atoms with E-state index in [4.69, 9.17) is 4.74 Å². The van der Waals surface area contributed by atoms with Gasteiger partial charge >= 0.3 is 0 Å². The fourth-order valence-corrected chi connectivity index (χ4v) is 3.35. The summed E-state index contributed by atoms with van der Waals surface area (Å²) in [5, 5.41) is 9.23. The molecule has 0 bridgehead atoms. The van der Waals surface area contributed by atoms with Gasteiger partial charge in [-0.25, -0.2) is 9.97 Å². The Morgan fingerprint density at radius 2 is 2.11 bits per heavy atom. The van der Waals surface area contributed by atoms with Crippen LogP contribution in [0.15, 0.2) is 36.7 Å². The number of fused-ring (bicyclic) bond motifs is 1. The van der Waals surface area contributed by atoms with Crippen molar-refractivity contribution < 1.29 is 9.53 Å². The first kappa shape index (κ1) is 17.6. The predicted molar refractivity (Wildman–Crippen MR) is 102 cm³/mol. The largest absolute Gasteiger partial charge is 0.373 e. The number of carbonyl (C=O) groups is 1. The molecule has 3 aromatic rings. The Labute approximate surface area is 157 Å². The number of aldehydes is 1. The normalized spacial score (nSPS) is 17.4. The van der Waals surface area contributed by atoms with E-state index in [1.807, 2.05) is 23.9 Å². The van der Waals surface area contributed by atoms with Crippen LogP contribution >= 0.6 is 0 Å². The van der Waals surface area contributed by atoms with Gasteiger partial charge in [-0.2, -0.15) is 5.10 Å². The Bertz CT molecular complexity index is 924. The number of nitrogens with one attached hydrogen (secondary N) is 1. The number of ether oxygens (including phenoxy) is 1. The molecule has 0 saturated carbocycles. The van der Waals surface area contributed by atoms with Gasteiger partial charge in [0.1, 0.15) is 0 Å². The molecule has 140 valence electrons. The highest BCUT2D eigenvalue weighted by atomic mass is 16.5. The lowest BCUT2D eigenvalue weighted by atomic mass is 10.2. The van der Waals surface area contributed by atoms with Crippen molar-refractivity contribution in [1.29, 1.82) is 0 Å². The van der Waals surface area contributed by atoms with Crippen LogP contribution in [0.2, 0.25) is 0 Å². The maximum absolute atomic E-state index is 10.7. The molecule has 1 atom stereocenters. The Morgan fingerprint density at radius 1 is 1.30 bits per heavy atom. The number of hydrogen-bond acceptors (Lipinski definition) is 7. The van der Waals surface area contributed by atoms with Crippen LogP contribution in [-0.4, -0.2) is 58.4 Å². The monoisotopic (exact) mass is 366 g/mol. The zero-order chi connectivity index (χ0) is 18.6. The molecule has 0 aliphatic carbocycles. The van der Waals surface area contributed by atoms with E-state index in [1.165, 1.54) is 5.39 Å². The smallest absolute Gasteiger partial charge is 0.225 e. The second-order valence-corrected chi connectivity index (χ2v) is 6.59. The van der Waals surface area contributed by atoms with Crippen LogP contribution in [0.4, 0.5) is 5.95 Å². The Kier molecular flexibility index (Phi) is 5.08. The van der Waals surface area contributed by atoms with Gasteiger partial charge in [0, 0.05) is 51.0 Å². The molecule has 1 aromatic carbocycles. The molecule has 0 amide bonds. The summed E-state index contributed by atoms with van der Waals surface area (Å²) < 4.78 is 7.77. The number of morpholine rings is 1. The highest BCUT2D eigenvalue weighted by molar-refractivity contribution is 5.81. The number of nitrogens with zero attached hydrogens (tertiary/aromatic N) is 5. The summed E-state index contributed by atoms with van der Waals surface area (Å²) in [6.45, 7) is 3.47. The zero-order valence-corrected chi connectivity index (χ0v) is 15.2. The summed E-state index contributed by atoms with van der Waals surface area (Å²) >= 11 is 0. The Balaban J connectivity index is 1.34. The van der Waals surface area contributed by atoms with Crippen LogP contribution in [0.3, 0.4) is 0 Å². The average Bonchev–Trinajstić information content (AvgIpc) is 3.04. The molecule has 2 aromatic heterocycles.